The SMILES string of the molecule is CC[C@H](C)[C@@H]1NC(=O)[C@H](CC(C)C)N(C)C(=O)[C@H](C(C)C)N(C)C(=O)[C@H](C)N(C)C(=O)[C@H](C)NC(=O)[C@H](C)N(C)C(=O)C(Cc2ccccc2)NC(=O)[C@@H]([C@@H](C)O)N(C)C(=O)[C@H](CC(C)C)NC(=O)[C@H](CC(C)C)N(C)C(=O)[C@H](C)N(C)C(=O)[C@H](C)NC1=O. The van der Waals surface area contributed by atoms with Gasteiger partial charge in [-0.2, -0.15) is 0 Å². The number of carbonyl (C=O) groups excluding carboxylic acids is 12. The highest BCUT2D eigenvalue weighted by atomic mass is 16.3. The molecule has 1 heterocycles. The van der Waals surface area contributed by atoms with Gasteiger partial charge in [0, 0.05) is 55.8 Å². The van der Waals surface area contributed by atoms with Crippen molar-refractivity contribution in [1.82, 2.24) is 60.9 Å². The number of carbonyl (C=O) groups is 12. The minimum Gasteiger partial charge on any atom is -0.391 e. The first kappa shape index (κ1) is 77.9. The van der Waals surface area contributed by atoms with E-state index in [1.54, 1.807) is 51.1 Å². The first-order valence-electron chi connectivity index (χ1n) is 31.3. The van der Waals surface area contributed by atoms with Crippen LogP contribution in [0.3, 0.4) is 0 Å². The largest absolute Gasteiger partial charge is 0.391 e. The highest BCUT2D eigenvalue weighted by Crippen LogP contribution is 2.23. The molecule has 1 aromatic carbocycles. The first-order valence-corrected chi connectivity index (χ1v) is 31.3. The minimum absolute atomic E-state index is 0.0524. The van der Waals surface area contributed by atoms with Crippen molar-refractivity contribution in [3.63, 3.8) is 0 Å². The molecule has 1 saturated heterocycles. The molecule has 1 aliphatic heterocycles. The molecule has 14 atom stereocenters. The summed E-state index contributed by atoms with van der Waals surface area (Å²) in [7, 11) is 9.63. The Morgan fingerprint density at radius 2 is 0.798 bits per heavy atom. The second kappa shape index (κ2) is 34.7. The fraction of sp³-hybridized carbons (Fsp3) is 0.719. The Labute approximate surface area is 528 Å². The fourth-order valence-corrected chi connectivity index (χ4v) is 10.9. The molecule has 0 bridgehead atoms. The second-order valence-corrected chi connectivity index (χ2v) is 26.1. The molecule has 1 unspecified atom stereocenters. The molecule has 1 aromatic rings. The Hall–Kier alpha value is -7.18. The van der Waals surface area contributed by atoms with E-state index in [4.69, 9.17) is 0 Å². The molecule has 502 valence electrons. The number of hydrogen-bond donors (Lipinski definition) is 6. The summed E-state index contributed by atoms with van der Waals surface area (Å²) >= 11 is 0. The summed E-state index contributed by atoms with van der Waals surface area (Å²) in [5.74, 6) is -10.2. The highest BCUT2D eigenvalue weighted by Gasteiger charge is 2.44. The van der Waals surface area contributed by atoms with Gasteiger partial charge in [0.05, 0.1) is 6.10 Å². The number of hydrogen-bond acceptors (Lipinski definition) is 13. The second-order valence-electron chi connectivity index (χ2n) is 26.1. The van der Waals surface area contributed by atoms with Crippen LogP contribution >= 0.6 is 0 Å². The van der Waals surface area contributed by atoms with Crippen LogP contribution in [0.25, 0.3) is 0 Å². The number of benzene rings is 1. The molecule has 25 nitrogen and oxygen atoms in total. The standard InChI is InChI=1S/C64H108N12O13/c1-24-38(10)50-56(81)66-40(12)59(84)71(18)42(14)60(85)73(20)48(31-35(4)5)54(79)67-46(30-34(2)3)63(88)76(23)52(44(16)77)57(82)68-47(33-45-28-26-25-27-29-45)62(87)70(17)41(13)53(78)65-39(11)58(83)72(19)43(15)61(86)75(22)51(37(8)9)64(89)74(21)49(32-36(6)7)55(80)69-50/h25-29,34-44,46-52,77H,24,30-33H2,1-23H3,(H,65,78)(H,66,81)(H,67,79)(H,68,82)(H,69,80)/t38-,39-,40-,41-,42-,43-,44+,46-,47?,48-,49-,50-,51-,52+/m0/s1. The smallest absolute Gasteiger partial charge is 0.246 e. The predicted octanol–water partition coefficient (Wildman–Crippen LogP) is 1.78. The van der Waals surface area contributed by atoms with Gasteiger partial charge in [0.2, 0.25) is 70.9 Å². The lowest BCUT2D eigenvalue weighted by atomic mass is 9.95. The molecule has 0 radical (unpaired) electrons. The average molecular weight is 1250 g/mol. The van der Waals surface area contributed by atoms with Crippen LogP contribution in [0.15, 0.2) is 30.3 Å². The zero-order valence-electron chi connectivity index (χ0n) is 57.3. The van der Waals surface area contributed by atoms with Crippen molar-refractivity contribution >= 4 is 70.9 Å². The predicted molar refractivity (Wildman–Crippen MR) is 338 cm³/mol. The van der Waals surface area contributed by atoms with E-state index in [1.165, 1.54) is 106 Å². The Balaban J connectivity index is 2.90. The van der Waals surface area contributed by atoms with Crippen LogP contribution in [-0.2, 0) is 64.0 Å². The van der Waals surface area contributed by atoms with Gasteiger partial charge in [-0.15, -0.1) is 0 Å². The molecule has 0 spiro atoms. The number of nitrogens with one attached hydrogen (secondary N) is 5. The number of nitrogens with zero attached hydrogens (tertiary/aromatic N) is 7. The summed E-state index contributed by atoms with van der Waals surface area (Å²) in [4.78, 5) is 182. The van der Waals surface area contributed by atoms with E-state index < -0.39 is 161 Å². The van der Waals surface area contributed by atoms with Crippen LogP contribution in [0.4, 0.5) is 0 Å². The molecule has 2 rings (SSSR count). The van der Waals surface area contributed by atoms with Crippen molar-refractivity contribution in [3.8, 4) is 0 Å². The lowest BCUT2D eigenvalue weighted by Crippen LogP contribution is -2.62. The zero-order chi connectivity index (χ0) is 68.5. The van der Waals surface area contributed by atoms with Gasteiger partial charge in [0.25, 0.3) is 0 Å². The molecule has 6 N–H and O–H groups in total. The summed E-state index contributed by atoms with van der Waals surface area (Å²) in [6, 6.07) is -6.57. The van der Waals surface area contributed by atoms with Crippen LogP contribution in [0, 0.1) is 29.6 Å². The topological polar surface area (TPSA) is 308 Å². The summed E-state index contributed by atoms with van der Waals surface area (Å²) in [6.07, 6.45) is -0.928. The molecule has 12 amide bonds. The average Bonchev–Trinajstić information content (AvgIpc) is 3.59. The lowest BCUT2D eigenvalue weighted by molar-refractivity contribution is -0.153. The number of amides is 12. The Bertz CT molecular complexity index is 2640. The van der Waals surface area contributed by atoms with Gasteiger partial charge < -0.3 is 66.0 Å². The van der Waals surface area contributed by atoms with Gasteiger partial charge in [-0.3, -0.25) is 57.5 Å². The number of likely N-dealkylation sites (N-methyl/N-ethyl adjacent to an activating group) is 7. The lowest BCUT2D eigenvalue weighted by Gasteiger charge is -2.39. The van der Waals surface area contributed by atoms with Gasteiger partial charge in [-0.1, -0.05) is 106 Å². The minimum atomic E-state index is -1.64. The number of aliphatic hydroxyl groups excluding tert-OH is 1. The Kier molecular flexibility index (Phi) is 30.4. The maximum Gasteiger partial charge on any atom is 0.246 e. The summed E-state index contributed by atoms with van der Waals surface area (Å²) in [6.45, 7) is 26.5. The summed E-state index contributed by atoms with van der Waals surface area (Å²) in [5.41, 5.74) is 0.607. The molecule has 1 fully saturated rings. The van der Waals surface area contributed by atoms with Gasteiger partial charge in [0.15, 0.2) is 0 Å². The van der Waals surface area contributed by atoms with Crippen LogP contribution in [-0.4, -0.2) is 238 Å². The first-order chi connectivity index (χ1) is 41.2. The Morgan fingerprint density at radius 3 is 1.24 bits per heavy atom. The maximum absolute atomic E-state index is 14.8. The van der Waals surface area contributed by atoms with E-state index in [0.29, 0.717) is 12.0 Å². The molecule has 25 heteroatoms. The van der Waals surface area contributed by atoms with Crippen molar-refractivity contribution in [2.24, 2.45) is 29.6 Å². The van der Waals surface area contributed by atoms with Crippen molar-refractivity contribution in [3.05, 3.63) is 35.9 Å². The van der Waals surface area contributed by atoms with Crippen LogP contribution in [0.1, 0.15) is 142 Å². The number of rotatable bonds is 12. The van der Waals surface area contributed by atoms with Gasteiger partial charge in [-0.05, 0) is 96.0 Å². The molecular weight excluding hydrogens is 1140 g/mol. The van der Waals surface area contributed by atoms with E-state index in [1.807, 2.05) is 48.5 Å². The quantitative estimate of drug-likeness (QED) is 0.174. The van der Waals surface area contributed by atoms with Crippen molar-refractivity contribution in [2.75, 3.05) is 49.3 Å². The summed E-state index contributed by atoms with van der Waals surface area (Å²) in [5, 5.41) is 25.0. The van der Waals surface area contributed by atoms with Crippen molar-refractivity contribution in [2.45, 2.75) is 221 Å². The van der Waals surface area contributed by atoms with Gasteiger partial charge in [-0.25, -0.2) is 0 Å². The van der Waals surface area contributed by atoms with Crippen molar-refractivity contribution < 1.29 is 62.6 Å². The Morgan fingerprint density at radius 1 is 0.404 bits per heavy atom. The van der Waals surface area contributed by atoms with E-state index in [9.17, 15) is 62.6 Å². The molecule has 0 aromatic heterocycles. The van der Waals surface area contributed by atoms with Crippen molar-refractivity contribution in [1.29, 1.82) is 0 Å². The summed E-state index contributed by atoms with van der Waals surface area (Å²) < 4.78 is 0. The maximum atomic E-state index is 14.8. The van der Waals surface area contributed by atoms with E-state index >= 15 is 0 Å². The fourth-order valence-electron chi connectivity index (χ4n) is 10.9. The molecule has 1 aliphatic rings. The van der Waals surface area contributed by atoms with Gasteiger partial charge in [0.1, 0.15) is 72.5 Å². The third-order valence-corrected chi connectivity index (χ3v) is 17.1. The van der Waals surface area contributed by atoms with Crippen LogP contribution in [0.2, 0.25) is 0 Å². The third-order valence-electron chi connectivity index (χ3n) is 17.1. The van der Waals surface area contributed by atoms with Crippen LogP contribution in [0.5, 0.6) is 0 Å². The molecule has 0 saturated carbocycles. The molecule has 0 aliphatic carbocycles. The number of aliphatic hydroxyl groups is 1. The monoisotopic (exact) mass is 1250 g/mol. The van der Waals surface area contributed by atoms with E-state index in [0.717, 1.165) is 19.6 Å². The molecule has 89 heavy (non-hydrogen) atoms. The normalized spacial score (nSPS) is 28.0. The third kappa shape index (κ3) is 20.9. The van der Waals surface area contributed by atoms with Crippen LogP contribution < -0.4 is 26.6 Å². The zero-order valence-corrected chi connectivity index (χ0v) is 57.3. The van der Waals surface area contributed by atoms with E-state index in [-0.39, 0.29) is 43.4 Å². The van der Waals surface area contributed by atoms with Gasteiger partial charge >= 0.3 is 0 Å². The molecular formula is C64H108N12O13. The van der Waals surface area contributed by atoms with E-state index in [2.05, 4.69) is 26.6 Å². The highest BCUT2D eigenvalue weighted by molar-refractivity contribution is 6.00.